The molecule has 0 saturated heterocycles. The van der Waals surface area contributed by atoms with Crippen LogP contribution in [0.5, 0.6) is 0 Å². The van der Waals surface area contributed by atoms with Crippen molar-refractivity contribution in [3.63, 3.8) is 0 Å². The highest BCUT2D eigenvalue weighted by molar-refractivity contribution is 7.99. The summed E-state index contributed by atoms with van der Waals surface area (Å²) in [4.78, 5) is 58.0. The van der Waals surface area contributed by atoms with Gasteiger partial charge >= 0.3 is 11.9 Å². The molecule has 1 rings (SSSR count). The van der Waals surface area contributed by atoms with Crippen molar-refractivity contribution in [3.8, 4) is 0 Å². The molecule has 0 radical (unpaired) electrons. The van der Waals surface area contributed by atoms with Crippen LogP contribution in [0.15, 0.2) is 30.3 Å². The number of amides is 2. The second-order valence-corrected chi connectivity index (χ2v) is 8.11. The molecule has 1 aromatic rings. The lowest BCUT2D eigenvalue weighted by molar-refractivity contribution is -0.139. The van der Waals surface area contributed by atoms with Crippen molar-refractivity contribution in [3.05, 3.63) is 35.9 Å². The van der Waals surface area contributed by atoms with Crippen molar-refractivity contribution in [2.24, 2.45) is 5.73 Å². The van der Waals surface area contributed by atoms with Crippen LogP contribution < -0.4 is 16.4 Å². The van der Waals surface area contributed by atoms with E-state index >= 15 is 0 Å². The topological polar surface area (TPSA) is 196 Å². The van der Waals surface area contributed by atoms with E-state index in [1.54, 1.807) is 30.3 Å². The molecular formula is C20H27N3O8S. The van der Waals surface area contributed by atoms with E-state index in [0.29, 0.717) is 5.56 Å². The van der Waals surface area contributed by atoms with Crippen molar-refractivity contribution in [1.29, 1.82) is 0 Å². The van der Waals surface area contributed by atoms with Crippen LogP contribution >= 0.6 is 11.8 Å². The summed E-state index contributed by atoms with van der Waals surface area (Å²) in [5.74, 6) is -4.55. The third kappa shape index (κ3) is 9.45. The zero-order valence-corrected chi connectivity index (χ0v) is 18.2. The number of benzene rings is 1. The van der Waals surface area contributed by atoms with E-state index < -0.39 is 59.5 Å². The summed E-state index contributed by atoms with van der Waals surface area (Å²) in [7, 11) is 0. The van der Waals surface area contributed by atoms with Crippen molar-refractivity contribution in [2.45, 2.75) is 43.2 Å². The molecule has 0 aliphatic heterocycles. The third-order valence-electron chi connectivity index (χ3n) is 4.34. The van der Waals surface area contributed by atoms with E-state index in [-0.39, 0.29) is 18.6 Å². The molecule has 0 aromatic heterocycles. The number of hydrogen-bond donors (Lipinski definition) is 6. The first-order valence-electron chi connectivity index (χ1n) is 9.65. The summed E-state index contributed by atoms with van der Waals surface area (Å²) in [6.45, 7) is 0.559. The number of hydrogen-bond acceptors (Lipinski definition) is 8. The molecule has 0 bridgehead atoms. The minimum absolute atomic E-state index is 0.0912. The molecule has 0 heterocycles. The lowest BCUT2D eigenvalue weighted by Gasteiger charge is -2.24. The zero-order chi connectivity index (χ0) is 24.3. The van der Waals surface area contributed by atoms with Crippen LogP contribution in [0.2, 0.25) is 0 Å². The smallest absolute Gasteiger partial charge is 0.322 e. The van der Waals surface area contributed by atoms with Crippen LogP contribution in [0.4, 0.5) is 0 Å². The van der Waals surface area contributed by atoms with Crippen LogP contribution in [0.25, 0.3) is 0 Å². The molecule has 0 spiro atoms. The monoisotopic (exact) mass is 469 g/mol. The Morgan fingerprint density at radius 3 is 2.25 bits per heavy atom. The number of carboxylic acids is 2. The normalized spacial score (nSPS) is 14.5. The number of nitrogens with two attached hydrogens (primary N) is 1. The minimum Gasteiger partial charge on any atom is -0.480 e. The van der Waals surface area contributed by atoms with Gasteiger partial charge in [0, 0.05) is 12.2 Å². The van der Waals surface area contributed by atoms with Gasteiger partial charge in [0.15, 0.2) is 5.78 Å². The number of thioether (sulfide) groups is 1. The maximum atomic E-state index is 12.4. The maximum Gasteiger partial charge on any atom is 0.322 e. The number of aliphatic carboxylic acids is 2. The summed E-state index contributed by atoms with van der Waals surface area (Å²) in [5, 5.41) is 31.8. The molecule has 0 saturated carbocycles. The first-order valence-corrected chi connectivity index (χ1v) is 10.7. The molecule has 4 unspecified atom stereocenters. The first-order chi connectivity index (χ1) is 15.0. The van der Waals surface area contributed by atoms with Crippen LogP contribution in [0, 0.1) is 0 Å². The van der Waals surface area contributed by atoms with Gasteiger partial charge in [0.1, 0.15) is 24.7 Å². The Morgan fingerprint density at radius 1 is 1.09 bits per heavy atom. The van der Waals surface area contributed by atoms with Crippen LogP contribution in [0.1, 0.15) is 30.6 Å². The number of nitrogens with one attached hydrogen (secondary N) is 2. The van der Waals surface area contributed by atoms with E-state index in [1.807, 2.05) is 0 Å². The van der Waals surface area contributed by atoms with Crippen LogP contribution in [-0.2, 0) is 24.0 Å². The van der Waals surface area contributed by atoms with Gasteiger partial charge in [-0.1, -0.05) is 30.3 Å². The summed E-state index contributed by atoms with van der Waals surface area (Å²) in [6, 6.07) is 6.17. The molecular weight excluding hydrogens is 442 g/mol. The zero-order valence-electron chi connectivity index (χ0n) is 17.4. The summed E-state index contributed by atoms with van der Waals surface area (Å²) in [6.07, 6.45) is -1.79. The molecule has 2 amide bonds. The molecule has 32 heavy (non-hydrogen) atoms. The van der Waals surface area contributed by atoms with Gasteiger partial charge in [-0.05, 0) is 18.9 Å². The summed E-state index contributed by atoms with van der Waals surface area (Å²) in [5.41, 5.74) is 6.00. The summed E-state index contributed by atoms with van der Waals surface area (Å²) < 4.78 is 0. The van der Waals surface area contributed by atoms with Gasteiger partial charge in [-0.15, -0.1) is 11.8 Å². The largest absolute Gasteiger partial charge is 0.480 e. The van der Waals surface area contributed by atoms with Gasteiger partial charge in [0.25, 0.3) is 0 Å². The number of rotatable bonds is 14. The fourth-order valence-electron chi connectivity index (χ4n) is 2.57. The van der Waals surface area contributed by atoms with Crippen molar-refractivity contribution in [1.82, 2.24) is 10.6 Å². The van der Waals surface area contributed by atoms with E-state index in [2.05, 4.69) is 10.6 Å². The molecule has 11 nitrogen and oxygen atoms in total. The second kappa shape index (κ2) is 13.5. The standard InChI is InChI=1S/C20H27N3O8S/c1-11(24)17(28)18(12-5-3-2-4-6-12)32-10-14(19(29)22-9-16(26)27)23-15(25)8-7-13(21)20(30)31/h2-6,13-14,17-18,28H,7-10,21H2,1H3,(H,22,29)(H,23,25)(H,26,27)(H,30,31). The molecule has 12 heteroatoms. The van der Waals surface area contributed by atoms with E-state index in [4.69, 9.17) is 15.9 Å². The number of Topliss-reactive ketones (excluding diaryl/α,β-unsaturated/α-hetero) is 1. The molecule has 0 aliphatic rings. The number of aliphatic hydroxyl groups is 1. The Balaban J connectivity index is 2.93. The van der Waals surface area contributed by atoms with Gasteiger partial charge in [-0.25, -0.2) is 0 Å². The van der Waals surface area contributed by atoms with Gasteiger partial charge < -0.3 is 31.7 Å². The fraction of sp³-hybridized carbons (Fsp3) is 0.450. The highest BCUT2D eigenvalue weighted by atomic mass is 32.2. The van der Waals surface area contributed by atoms with E-state index in [0.717, 1.165) is 11.8 Å². The second-order valence-electron chi connectivity index (χ2n) is 6.94. The fourth-order valence-corrected chi connectivity index (χ4v) is 3.93. The Labute approximate surface area is 188 Å². The van der Waals surface area contributed by atoms with E-state index in [9.17, 15) is 29.1 Å². The van der Waals surface area contributed by atoms with Crippen molar-refractivity contribution >= 4 is 41.3 Å². The van der Waals surface area contributed by atoms with Crippen LogP contribution in [0.3, 0.4) is 0 Å². The Morgan fingerprint density at radius 2 is 1.72 bits per heavy atom. The number of ketones is 1. The number of carboxylic acid groups (broad SMARTS) is 2. The molecule has 7 N–H and O–H groups in total. The molecule has 0 fully saturated rings. The lowest BCUT2D eigenvalue weighted by atomic mass is 10.1. The van der Waals surface area contributed by atoms with E-state index in [1.165, 1.54) is 6.92 Å². The molecule has 176 valence electrons. The predicted octanol–water partition coefficient (Wildman–Crippen LogP) is -0.711. The van der Waals surface area contributed by atoms with Gasteiger partial charge in [-0.2, -0.15) is 0 Å². The number of aliphatic hydroxyl groups excluding tert-OH is 1. The molecule has 1 aromatic carbocycles. The minimum atomic E-state index is -1.37. The Kier molecular flexibility index (Phi) is 11.4. The lowest BCUT2D eigenvalue weighted by Crippen LogP contribution is -2.49. The first kappa shape index (κ1) is 27.1. The molecule has 0 aliphatic carbocycles. The predicted molar refractivity (Wildman–Crippen MR) is 116 cm³/mol. The average molecular weight is 470 g/mol. The van der Waals surface area contributed by atoms with Crippen molar-refractivity contribution in [2.75, 3.05) is 12.3 Å². The highest BCUT2D eigenvalue weighted by Gasteiger charge is 2.29. The average Bonchev–Trinajstić information content (AvgIpc) is 2.75. The third-order valence-corrected chi connectivity index (χ3v) is 5.75. The maximum absolute atomic E-state index is 12.4. The van der Waals surface area contributed by atoms with Crippen LogP contribution in [-0.4, -0.2) is 75.3 Å². The number of carbonyl (C=O) groups excluding carboxylic acids is 3. The Hall–Kier alpha value is -2.96. The van der Waals surface area contributed by atoms with Crippen molar-refractivity contribution < 1.29 is 39.3 Å². The highest BCUT2D eigenvalue weighted by Crippen LogP contribution is 2.33. The molecule has 4 atom stereocenters. The van der Waals surface area contributed by atoms with Gasteiger partial charge in [0.2, 0.25) is 11.8 Å². The summed E-state index contributed by atoms with van der Waals surface area (Å²) >= 11 is 1.04. The van der Waals surface area contributed by atoms with Gasteiger partial charge in [-0.3, -0.25) is 24.0 Å². The van der Waals surface area contributed by atoms with Gasteiger partial charge in [0.05, 0.1) is 5.25 Å². The number of carbonyl (C=O) groups is 5. The Bertz CT molecular complexity index is 820. The quantitative estimate of drug-likeness (QED) is 0.202. The SMILES string of the molecule is CC(=O)C(O)C(SCC(NC(=O)CCC(N)C(=O)O)C(=O)NCC(=O)O)c1ccccc1.